The van der Waals surface area contributed by atoms with E-state index < -0.39 is 0 Å². The molecule has 1 heterocycles. The Bertz CT molecular complexity index is 323. The number of halogens is 1. The summed E-state index contributed by atoms with van der Waals surface area (Å²) in [6, 6.07) is 0. The van der Waals surface area contributed by atoms with Gasteiger partial charge >= 0.3 is 0 Å². The maximum atomic E-state index is 6.25. The molecule has 1 aromatic rings. The summed E-state index contributed by atoms with van der Waals surface area (Å²) >= 11 is 6.25. The average molecular weight is 228 g/mol. The molecule has 3 nitrogen and oxygen atoms in total. The van der Waals surface area contributed by atoms with Crippen LogP contribution in [0.4, 0.5) is 0 Å². The van der Waals surface area contributed by atoms with Gasteiger partial charge in [-0.3, -0.25) is 0 Å². The Labute approximate surface area is 95.8 Å². The third kappa shape index (κ3) is 2.03. The normalized spacial score (nSPS) is 31.0. The average Bonchev–Trinajstić information content (AvgIpc) is 2.77. The molecule has 4 heteroatoms. The summed E-state index contributed by atoms with van der Waals surface area (Å²) in [7, 11) is 0. The van der Waals surface area contributed by atoms with Crippen molar-refractivity contribution in [1.29, 1.82) is 0 Å². The third-order valence-corrected chi connectivity index (χ3v) is 4.04. The van der Waals surface area contributed by atoms with E-state index in [-0.39, 0.29) is 0 Å². The summed E-state index contributed by atoms with van der Waals surface area (Å²) in [5.41, 5.74) is 1.27. The van der Waals surface area contributed by atoms with Gasteiger partial charge in [0, 0.05) is 17.8 Å². The maximum Gasteiger partial charge on any atom is 0.0728 e. The van der Waals surface area contributed by atoms with Gasteiger partial charge in [-0.2, -0.15) is 0 Å². The highest BCUT2D eigenvalue weighted by Crippen LogP contribution is 2.41. The Balaban J connectivity index is 2.18. The monoisotopic (exact) mass is 227 g/mol. The van der Waals surface area contributed by atoms with E-state index in [1.165, 1.54) is 12.1 Å². The summed E-state index contributed by atoms with van der Waals surface area (Å²) in [5, 5.41) is 8.47. The van der Waals surface area contributed by atoms with E-state index in [1.807, 2.05) is 10.9 Å². The van der Waals surface area contributed by atoms with E-state index in [9.17, 15) is 0 Å². The molecule has 0 radical (unpaired) electrons. The Morgan fingerprint density at radius 2 is 2.33 bits per heavy atom. The molecule has 2 rings (SSSR count). The zero-order valence-electron chi connectivity index (χ0n) is 9.36. The second-order valence-corrected chi connectivity index (χ2v) is 5.00. The number of hydrogen-bond acceptors (Lipinski definition) is 2. The van der Waals surface area contributed by atoms with Gasteiger partial charge in [0.2, 0.25) is 0 Å². The fraction of sp³-hybridized carbons (Fsp3) is 0.818. The molecule has 0 N–H and O–H groups in total. The van der Waals surface area contributed by atoms with Crippen LogP contribution in [0.1, 0.15) is 44.7 Å². The van der Waals surface area contributed by atoms with Crippen LogP contribution in [0, 0.1) is 5.92 Å². The molecule has 1 aliphatic rings. The molecule has 3 atom stereocenters. The fourth-order valence-corrected chi connectivity index (χ4v) is 2.77. The van der Waals surface area contributed by atoms with Crippen molar-refractivity contribution in [3.8, 4) is 0 Å². The van der Waals surface area contributed by atoms with E-state index >= 15 is 0 Å². The standard InChI is InChI=1S/C11H18ClN3/c1-3-6-15-11(7-13-14-15)9-4-5-10(12)8(9)2/h7-10H,3-6H2,1-2H3. The van der Waals surface area contributed by atoms with E-state index in [0.29, 0.717) is 17.2 Å². The highest BCUT2D eigenvalue weighted by atomic mass is 35.5. The molecule has 0 aromatic carbocycles. The van der Waals surface area contributed by atoms with Gasteiger partial charge in [0.15, 0.2) is 0 Å². The number of aryl methyl sites for hydroxylation is 1. The van der Waals surface area contributed by atoms with Crippen LogP contribution < -0.4 is 0 Å². The number of hydrogen-bond donors (Lipinski definition) is 0. The van der Waals surface area contributed by atoms with Gasteiger partial charge in [-0.05, 0) is 25.2 Å². The SMILES string of the molecule is CCCn1nncc1C1CCC(Cl)C1C. The first-order chi connectivity index (χ1) is 7.24. The lowest BCUT2D eigenvalue weighted by molar-refractivity contribution is 0.471. The zero-order chi connectivity index (χ0) is 10.8. The molecule has 0 bridgehead atoms. The molecular weight excluding hydrogens is 210 g/mol. The largest absolute Gasteiger partial charge is 0.249 e. The molecule has 3 unspecified atom stereocenters. The van der Waals surface area contributed by atoms with Crippen molar-refractivity contribution in [2.75, 3.05) is 0 Å². The van der Waals surface area contributed by atoms with Crippen LogP contribution in [0.15, 0.2) is 6.20 Å². The van der Waals surface area contributed by atoms with Crippen molar-refractivity contribution < 1.29 is 0 Å². The molecular formula is C11H18ClN3. The summed E-state index contributed by atoms with van der Waals surface area (Å²) in [6.07, 6.45) is 5.30. The van der Waals surface area contributed by atoms with Crippen molar-refractivity contribution in [3.63, 3.8) is 0 Å². The van der Waals surface area contributed by atoms with Gasteiger partial charge in [-0.1, -0.05) is 19.1 Å². The Morgan fingerprint density at radius 3 is 2.93 bits per heavy atom. The smallest absolute Gasteiger partial charge is 0.0728 e. The third-order valence-electron chi connectivity index (χ3n) is 3.42. The van der Waals surface area contributed by atoms with Crippen LogP contribution in [0.5, 0.6) is 0 Å². The van der Waals surface area contributed by atoms with Gasteiger partial charge in [-0.15, -0.1) is 16.7 Å². The predicted molar refractivity (Wildman–Crippen MR) is 61.1 cm³/mol. The number of alkyl halides is 1. The number of aromatic nitrogens is 3. The molecule has 0 amide bonds. The van der Waals surface area contributed by atoms with Crippen molar-refractivity contribution in [3.05, 3.63) is 11.9 Å². The molecule has 1 saturated carbocycles. The van der Waals surface area contributed by atoms with Gasteiger partial charge in [0.05, 0.1) is 11.9 Å². The Kier molecular flexibility index (Phi) is 3.29. The van der Waals surface area contributed by atoms with Crippen LogP contribution >= 0.6 is 11.6 Å². The van der Waals surface area contributed by atoms with E-state index in [2.05, 4.69) is 24.2 Å². The van der Waals surface area contributed by atoms with Crippen molar-refractivity contribution in [2.45, 2.75) is 50.9 Å². The lowest BCUT2D eigenvalue weighted by atomic mass is 9.95. The predicted octanol–water partition coefficient (Wildman–Crippen LogP) is 2.81. The van der Waals surface area contributed by atoms with Gasteiger partial charge in [0.25, 0.3) is 0 Å². The maximum absolute atomic E-state index is 6.25. The van der Waals surface area contributed by atoms with Crippen molar-refractivity contribution in [2.24, 2.45) is 5.92 Å². The van der Waals surface area contributed by atoms with Crippen LogP contribution in [0.2, 0.25) is 0 Å². The molecule has 0 aliphatic heterocycles. The molecule has 0 saturated heterocycles. The van der Waals surface area contributed by atoms with Gasteiger partial charge in [0.1, 0.15) is 0 Å². The topological polar surface area (TPSA) is 30.7 Å². The summed E-state index contributed by atoms with van der Waals surface area (Å²) in [6.45, 7) is 5.36. The minimum Gasteiger partial charge on any atom is -0.249 e. The molecule has 1 fully saturated rings. The Morgan fingerprint density at radius 1 is 1.53 bits per heavy atom. The quantitative estimate of drug-likeness (QED) is 0.744. The first-order valence-corrected chi connectivity index (χ1v) is 6.20. The van der Waals surface area contributed by atoms with E-state index in [4.69, 9.17) is 11.6 Å². The Hall–Kier alpha value is -0.570. The summed E-state index contributed by atoms with van der Waals surface area (Å²) < 4.78 is 2.04. The molecule has 1 aromatic heterocycles. The van der Waals surface area contributed by atoms with E-state index in [1.54, 1.807) is 0 Å². The molecule has 84 valence electrons. The molecule has 0 spiro atoms. The van der Waals surface area contributed by atoms with Gasteiger partial charge < -0.3 is 0 Å². The summed E-state index contributed by atoms with van der Waals surface area (Å²) in [4.78, 5) is 0. The van der Waals surface area contributed by atoms with E-state index in [0.717, 1.165) is 19.4 Å². The minimum atomic E-state index is 0.319. The van der Waals surface area contributed by atoms with Crippen LogP contribution in [-0.4, -0.2) is 20.4 Å². The van der Waals surface area contributed by atoms with Crippen molar-refractivity contribution >= 4 is 11.6 Å². The first-order valence-electron chi connectivity index (χ1n) is 5.76. The highest BCUT2D eigenvalue weighted by Gasteiger charge is 2.34. The second-order valence-electron chi connectivity index (χ2n) is 4.44. The number of rotatable bonds is 3. The fourth-order valence-electron chi connectivity index (χ4n) is 2.47. The number of nitrogens with zero attached hydrogens (tertiary/aromatic N) is 3. The van der Waals surface area contributed by atoms with Crippen LogP contribution in [-0.2, 0) is 6.54 Å². The van der Waals surface area contributed by atoms with Gasteiger partial charge in [-0.25, -0.2) is 4.68 Å². The lowest BCUT2D eigenvalue weighted by Gasteiger charge is -2.17. The second kappa shape index (κ2) is 4.52. The lowest BCUT2D eigenvalue weighted by Crippen LogP contribution is -2.14. The van der Waals surface area contributed by atoms with Crippen molar-refractivity contribution in [1.82, 2.24) is 15.0 Å². The molecule has 15 heavy (non-hydrogen) atoms. The zero-order valence-corrected chi connectivity index (χ0v) is 10.1. The molecule has 1 aliphatic carbocycles. The summed E-state index contributed by atoms with van der Waals surface area (Å²) in [5.74, 6) is 1.09. The van der Waals surface area contributed by atoms with Crippen LogP contribution in [0.25, 0.3) is 0 Å². The highest BCUT2D eigenvalue weighted by molar-refractivity contribution is 6.21. The minimum absolute atomic E-state index is 0.319. The van der Waals surface area contributed by atoms with Crippen LogP contribution in [0.3, 0.4) is 0 Å². The first kappa shape index (κ1) is 10.9.